The molecule has 49 heavy (non-hydrogen) atoms. The van der Waals surface area contributed by atoms with Gasteiger partial charge < -0.3 is 29.2 Å². The highest BCUT2D eigenvalue weighted by Crippen LogP contribution is 2.57. The lowest BCUT2D eigenvalue weighted by Crippen LogP contribution is -2.57. The van der Waals surface area contributed by atoms with Crippen molar-refractivity contribution in [1.29, 1.82) is 0 Å². The molecule has 0 radical (unpaired) electrons. The van der Waals surface area contributed by atoms with Crippen molar-refractivity contribution in [3.8, 4) is 11.6 Å². The number of esters is 1. The Hall–Kier alpha value is -3.63. The number of nitrogens with one attached hydrogen (secondary N) is 1. The van der Waals surface area contributed by atoms with E-state index in [1.807, 2.05) is 59.7 Å². The fourth-order valence-corrected chi connectivity index (χ4v) is 8.24. The number of nitrogens with zero attached hydrogens (tertiary/aromatic N) is 3. The number of hydrogen-bond acceptors (Lipinski definition) is 9. The molecule has 3 fully saturated rings. The summed E-state index contributed by atoms with van der Waals surface area (Å²) < 4.78 is 24.1. The zero-order valence-corrected chi connectivity index (χ0v) is 30.2. The van der Waals surface area contributed by atoms with Crippen molar-refractivity contribution in [1.82, 2.24) is 20.2 Å². The quantitative estimate of drug-likeness (QED) is 0.373. The number of hydrogen-bond donors (Lipinski definition) is 1. The van der Waals surface area contributed by atoms with Gasteiger partial charge in [0.25, 0.3) is 0 Å². The number of aromatic nitrogens is 2. The molecule has 1 saturated heterocycles. The van der Waals surface area contributed by atoms with E-state index in [0.29, 0.717) is 47.7 Å². The topological polar surface area (TPSA) is 129 Å². The molecule has 2 saturated carbocycles. The summed E-state index contributed by atoms with van der Waals surface area (Å²) >= 11 is 0. The molecule has 2 aliphatic carbocycles. The number of carbonyl (C=O) groups excluding carboxylic acids is 3. The van der Waals surface area contributed by atoms with Gasteiger partial charge in [0.2, 0.25) is 11.8 Å². The minimum Gasteiger partial charge on any atom is -0.497 e. The van der Waals surface area contributed by atoms with E-state index in [-0.39, 0.29) is 37.0 Å². The fourth-order valence-electron chi connectivity index (χ4n) is 8.24. The Morgan fingerprint density at radius 3 is 2.55 bits per heavy atom. The first-order valence-electron chi connectivity index (χ1n) is 18.3. The molecule has 1 aromatic carbocycles. The summed E-state index contributed by atoms with van der Waals surface area (Å²) in [5, 5.41) is 2.95. The molecule has 11 heteroatoms. The summed E-state index contributed by atoms with van der Waals surface area (Å²) in [7, 11) is 1.62. The van der Waals surface area contributed by atoms with E-state index < -0.39 is 35.7 Å². The lowest BCUT2D eigenvalue weighted by Gasteiger charge is -2.36. The van der Waals surface area contributed by atoms with Crippen molar-refractivity contribution in [3.05, 3.63) is 23.9 Å². The molecule has 1 N–H and O–H groups in total. The Kier molecular flexibility index (Phi) is 10.3. The molecule has 0 spiro atoms. The van der Waals surface area contributed by atoms with Gasteiger partial charge in [-0.1, -0.05) is 54.4 Å². The van der Waals surface area contributed by atoms with E-state index in [0.717, 1.165) is 43.3 Å². The van der Waals surface area contributed by atoms with Gasteiger partial charge in [-0.3, -0.25) is 4.79 Å². The van der Waals surface area contributed by atoms with Gasteiger partial charge in [-0.05, 0) is 79.7 Å². The van der Waals surface area contributed by atoms with Crippen LogP contribution in [-0.2, 0) is 25.5 Å². The van der Waals surface area contributed by atoms with Crippen LogP contribution in [0.1, 0.15) is 92.2 Å². The number of amides is 2. The number of benzene rings is 1. The molecule has 6 rings (SSSR count). The Labute approximate surface area is 290 Å². The maximum atomic E-state index is 14.6. The predicted molar refractivity (Wildman–Crippen MR) is 184 cm³/mol. The molecule has 2 amide bonds. The molecule has 11 nitrogen and oxygen atoms in total. The summed E-state index contributed by atoms with van der Waals surface area (Å²) in [6.45, 7) is 12.0. The highest BCUT2D eigenvalue weighted by Gasteiger charge is 2.55. The van der Waals surface area contributed by atoms with Crippen molar-refractivity contribution in [2.24, 2.45) is 35.0 Å². The van der Waals surface area contributed by atoms with Crippen LogP contribution in [0.5, 0.6) is 11.6 Å². The van der Waals surface area contributed by atoms with Crippen LogP contribution in [-0.4, -0.2) is 77.4 Å². The second-order valence-corrected chi connectivity index (χ2v) is 16.1. The number of ether oxygens (including phenoxy) is 4. The van der Waals surface area contributed by atoms with Gasteiger partial charge >= 0.3 is 12.1 Å². The van der Waals surface area contributed by atoms with Gasteiger partial charge in [0, 0.05) is 12.0 Å². The highest BCUT2D eigenvalue weighted by molar-refractivity contribution is 5.91. The summed E-state index contributed by atoms with van der Waals surface area (Å²) in [6.07, 6.45) is 5.99. The number of aryl methyl sites for hydroxylation is 1. The van der Waals surface area contributed by atoms with Crippen molar-refractivity contribution in [2.75, 3.05) is 20.3 Å². The molecule has 1 unspecified atom stereocenters. The average molecular weight is 679 g/mol. The summed E-state index contributed by atoms with van der Waals surface area (Å²) in [5.41, 5.74) is 1.50. The predicted octanol–water partition coefficient (Wildman–Crippen LogP) is 6.10. The number of methoxy groups -OCH3 is 1. The molecular formula is C38H54N4O7. The summed E-state index contributed by atoms with van der Waals surface area (Å²) in [5.74, 6) is 1.57. The van der Waals surface area contributed by atoms with Gasteiger partial charge in [0.1, 0.15) is 35.7 Å². The van der Waals surface area contributed by atoms with Gasteiger partial charge in [-0.2, -0.15) is 0 Å². The first kappa shape index (κ1) is 35.2. The van der Waals surface area contributed by atoms with Gasteiger partial charge in [-0.25, -0.2) is 19.6 Å². The molecule has 1 aromatic heterocycles. The lowest BCUT2D eigenvalue weighted by atomic mass is 9.85. The fraction of sp³-hybridized carbons (Fsp3) is 0.711. The average Bonchev–Trinajstić information content (AvgIpc) is 3.59. The molecule has 268 valence electrons. The Balaban J connectivity index is 1.39. The maximum absolute atomic E-state index is 14.6. The molecular weight excluding hydrogens is 624 g/mol. The van der Waals surface area contributed by atoms with Crippen molar-refractivity contribution >= 4 is 29.0 Å². The van der Waals surface area contributed by atoms with Crippen molar-refractivity contribution in [3.63, 3.8) is 0 Å². The van der Waals surface area contributed by atoms with Crippen LogP contribution in [0.25, 0.3) is 11.0 Å². The van der Waals surface area contributed by atoms with Crippen LogP contribution in [0.2, 0.25) is 0 Å². The highest BCUT2D eigenvalue weighted by atomic mass is 16.6. The summed E-state index contributed by atoms with van der Waals surface area (Å²) in [4.78, 5) is 53.5. The minimum absolute atomic E-state index is 0.126. The van der Waals surface area contributed by atoms with E-state index in [4.69, 9.17) is 28.9 Å². The zero-order valence-electron chi connectivity index (χ0n) is 30.2. The third-order valence-electron chi connectivity index (χ3n) is 10.9. The van der Waals surface area contributed by atoms with Gasteiger partial charge in [-0.15, -0.1) is 0 Å². The Morgan fingerprint density at radius 1 is 1.04 bits per heavy atom. The zero-order chi connectivity index (χ0) is 35.0. The van der Waals surface area contributed by atoms with Crippen LogP contribution >= 0.6 is 0 Å². The minimum atomic E-state index is -0.937. The number of alkyl carbamates (subject to hydrolysis) is 1. The lowest BCUT2D eigenvalue weighted by molar-refractivity contribution is -0.157. The second kappa shape index (κ2) is 14.3. The smallest absolute Gasteiger partial charge is 0.408 e. The van der Waals surface area contributed by atoms with E-state index in [2.05, 4.69) is 5.32 Å². The molecule has 3 heterocycles. The Bertz CT molecular complexity index is 1540. The van der Waals surface area contributed by atoms with Crippen LogP contribution < -0.4 is 14.8 Å². The van der Waals surface area contributed by atoms with Crippen molar-refractivity contribution < 1.29 is 33.3 Å². The first-order chi connectivity index (χ1) is 23.4. The van der Waals surface area contributed by atoms with E-state index in [9.17, 15) is 14.4 Å². The number of carbonyl (C=O) groups is 3. The molecule has 2 aliphatic heterocycles. The van der Waals surface area contributed by atoms with E-state index in [1.54, 1.807) is 12.0 Å². The van der Waals surface area contributed by atoms with E-state index >= 15 is 0 Å². The maximum Gasteiger partial charge on any atom is 0.408 e. The molecule has 2 bridgehead atoms. The third-order valence-corrected chi connectivity index (χ3v) is 10.9. The molecule has 8 atom stereocenters. The van der Waals surface area contributed by atoms with Crippen LogP contribution in [0, 0.1) is 35.0 Å². The normalized spacial score (nSPS) is 30.7. The number of fused-ring (bicyclic) bond motifs is 7. The summed E-state index contributed by atoms with van der Waals surface area (Å²) in [6, 6.07) is 3.79. The standard InChI is InChI=1S/C38H54N4O7/c1-8-24-31-19-42(32(24)36(44)47-20-21(2)3)35(43)33(38(4,5)6)41-37(45)49-30-17-22-16-26(22)25(30)12-10-9-11-13-28-34(48-31)40-29-18-23(46-7)14-15-27(29)39-28/h14-15,18,21-22,24-26,30-33H,8-13,16-17,19-20H2,1-7H3,(H,41,45)/t22?,24-,25-,26+,30-,31+,32+,33-/m1/s1. The van der Waals surface area contributed by atoms with Crippen molar-refractivity contribution in [2.45, 2.75) is 117 Å². The van der Waals surface area contributed by atoms with Crippen LogP contribution in [0.15, 0.2) is 18.2 Å². The van der Waals surface area contributed by atoms with E-state index in [1.165, 1.54) is 6.42 Å². The SMILES string of the molecule is CC[C@@H]1[C@@H]2CN(C(=O)[C@H](C(C)(C)C)NC(=O)O[C@@H]3CC4C[C@@H]4[C@H]3CCCCCc3nc4ccc(OC)cc4nc3O2)[C@@H]1C(=O)OCC(C)C. The van der Waals surface area contributed by atoms with Gasteiger partial charge in [0.05, 0.1) is 31.3 Å². The second-order valence-electron chi connectivity index (χ2n) is 16.1. The van der Waals surface area contributed by atoms with Crippen LogP contribution in [0.3, 0.4) is 0 Å². The van der Waals surface area contributed by atoms with Crippen LogP contribution in [0.4, 0.5) is 4.79 Å². The first-order valence-corrected chi connectivity index (χ1v) is 18.3. The molecule has 4 aliphatic rings. The van der Waals surface area contributed by atoms with Gasteiger partial charge in [0.15, 0.2) is 0 Å². The monoisotopic (exact) mass is 678 g/mol. The largest absolute Gasteiger partial charge is 0.497 e. The third kappa shape index (κ3) is 7.60. The Morgan fingerprint density at radius 2 is 1.84 bits per heavy atom. The molecule has 2 aromatic rings. The number of rotatable bonds is 5.